The highest BCUT2D eigenvalue weighted by molar-refractivity contribution is 5.68. The van der Waals surface area contributed by atoms with Crippen molar-refractivity contribution in [1.29, 1.82) is 0 Å². The molecule has 5 rings (SSSR count). The molecular formula is C21H26N8. The number of hydrogen-bond donors (Lipinski definition) is 1. The predicted molar refractivity (Wildman–Crippen MR) is 111 cm³/mol. The lowest BCUT2D eigenvalue weighted by molar-refractivity contribution is 0.468. The van der Waals surface area contributed by atoms with Gasteiger partial charge in [-0.25, -0.2) is 9.97 Å². The third kappa shape index (κ3) is 2.81. The Morgan fingerprint density at radius 3 is 2.76 bits per heavy atom. The first kappa shape index (κ1) is 18.2. The molecule has 1 atom stereocenters. The fraction of sp³-hybridized carbons (Fsp3) is 0.476. The van der Waals surface area contributed by atoms with Crippen LogP contribution in [0.5, 0.6) is 0 Å². The first-order valence-electron chi connectivity index (χ1n) is 10.4. The summed E-state index contributed by atoms with van der Waals surface area (Å²) in [6.07, 6.45) is 11.3. The molecule has 0 saturated heterocycles. The van der Waals surface area contributed by atoms with E-state index in [1.165, 1.54) is 25.7 Å². The van der Waals surface area contributed by atoms with Gasteiger partial charge < -0.3 is 10.6 Å². The number of pyridine rings is 1. The second-order valence-electron chi connectivity index (χ2n) is 7.85. The second kappa shape index (κ2) is 7.18. The number of hydrogen-bond acceptors (Lipinski definition) is 7. The van der Waals surface area contributed by atoms with Crippen molar-refractivity contribution in [2.45, 2.75) is 64.6 Å². The Bertz CT molecular complexity index is 1040. The standard InChI is InChI=1S/C21H26N8/c1-3-17-21-27-26-13(2)28(21)18-12-24-19(16-8-9-23-11-14(16)10-22)25-20(18)29(17)15-6-4-5-7-15/h8-9,11-12,15,17H,3-7,10,22H2,1-2H3. The van der Waals surface area contributed by atoms with Crippen LogP contribution in [-0.2, 0) is 6.54 Å². The number of aryl methyl sites for hydroxylation is 1. The van der Waals surface area contributed by atoms with Crippen LogP contribution in [0.15, 0.2) is 24.7 Å². The molecular weight excluding hydrogens is 364 g/mol. The molecule has 1 saturated carbocycles. The van der Waals surface area contributed by atoms with Crippen LogP contribution in [0.4, 0.5) is 5.82 Å². The monoisotopic (exact) mass is 390 g/mol. The Morgan fingerprint density at radius 2 is 2.00 bits per heavy atom. The molecule has 8 nitrogen and oxygen atoms in total. The molecule has 2 N–H and O–H groups in total. The summed E-state index contributed by atoms with van der Waals surface area (Å²) < 4.78 is 2.12. The molecule has 3 aromatic heterocycles. The fourth-order valence-electron chi connectivity index (χ4n) is 4.81. The highest BCUT2D eigenvalue weighted by Crippen LogP contribution is 2.43. The molecule has 8 heteroatoms. The van der Waals surface area contributed by atoms with Gasteiger partial charge in [0, 0.05) is 30.5 Å². The first-order valence-corrected chi connectivity index (χ1v) is 10.4. The van der Waals surface area contributed by atoms with Crippen LogP contribution in [-0.4, -0.2) is 35.8 Å². The summed E-state index contributed by atoms with van der Waals surface area (Å²) in [5.74, 6) is 3.53. The van der Waals surface area contributed by atoms with Gasteiger partial charge in [-0.3, -0.25) is 9.55 Å². The molecule has 0 spiro atoms. The van der Waals surface area contributed by atoms with Gasteiger partial charge in [0.25, 0.3) is 0 Å². The maximum Gasteiger partial charge on any atom is 0.162 e. The zero-order valence-corrected chi connectivity index (χ0v) is 16.9. The normalized spacial score (nSPS) is 18.7. The molecule has 3 aromatic rings. The van der Waals surface area contributed by atoms with E-state index in [-0.39, 0.29) is 6.04 Å². The maximum absolute atomic E-state index is 5.94. The van der Waals surface area contributed by atoms with E-state index in [4.69, 9.17) is 15.7 Å². The van der Waals surface area contributed by atoms with Crippen LogP contribution < -0.4 is 10.6 Å². The van der Waals surface area contributed by atoms with Crippen molar-refractivity contribution in [3.63, 3.8) is 0 Å². The molecule has 0 aromatic carbocycles. The number of rotatable bonds is 4. The van der Waals surface area contributed by atoms with Crippen molar-refractivity contribution < 1.29 is 0 Å². The van der Waals surface area contributed by atoms with Crippen LogP contribution in [0, 0.1) is 6.92 Å². The van der Waals surface area contributed by atoms with E-state index >= 15 is 0 Å². The van der Waals surface area contributed by atoms with Gasteiger partial charge in [-0.1, -0.05) is 19.8 Å². The van der Waals surface area contributed by atoms with E-state index in [0.29, 0.717) is 18.4 Å². The number of nitrogens with two attached hydrogens (primary N) is 1. The third-order valence-electron chi connectivity index (χ3n) is 6.19. The van der Waals surface area contributed by atoms with Gasteiger partial charge in [-0.2, -0.15) is 0 Å². The summed E-state index contributed by atoms with van der Waals surface area (Å²) in [4.78, 5) is 16.5. The van der Waals surface area contributed by atoms with Gasteiger partial charge in [0.2, 0.25) is 0 Å². The van der Waals surface area contributed by atoms with E-state index in [9.17, 15) is 0 Å². The minimum Gasteiger partial charge on any atom is -0.342 e. The van der Waals surface area contributed by atoms with Crippen molar-refractivity contribution in [2.24, 2.45) is 5.73 Å². The van der Waals surface area contributed by atoms with E-state index in [2.05, 4.69) is 31.6 Å². The summed E-state index contributed by atoms with van der Waals surface area (Å²) in [7, 11) is 0. The predicted octanol–water partition coefficient (Wildman–Crippen LogP) is 3.10. The van der Waals surface area contributed by atoms with Crippen LogP contribution in [0.25, 0.3) is 17.1 Å². The van der Waals surface area contributed by atoms with E-state index in [1.54, 1.807) is 12.4 Å². The zero-order chi connectivity index (χ0) is 20.0. The minimum atomic E-state index is 0.168. The minimum absolute atomic E-state index is 0.168. The van der Waals surface area contributed by atoms with Gasteiger partial charge in [0.15, 0.2) is 17.5 Å². The van der Waals surface area contributed by atoms with Crippen molar-refractivity contribution >= 4 is 5.82 Å². The van der Waals surface area contributed by atoms with Crippen LogP contribution >= 0.6 is 0 Å². The quantitative estimate of drug-likeness (QED) is 0.731. The molecule has 4 heterocycles. The van der Waals surface area contributed by atoms with Crippen molar-refractivity contribution in [1.82, 2.24) is 29.7 Å². The summed E-state index contributed by atoms with van der Waals surface area (Å²) in [5.41, 5.74) is 8.79. The molecule has 150 valence electrons. The number of nitrogens with zero attached hydrogens (tertiary/aromatic N) is 7. The number of fused-ring (bicyclic) bond motifs is 3. The lowest BCUT2D eigenvalue weighted by atomic mass is 10.0. The molecule has 2 aliphatic rings. The van der Waals surface area contributed by atoms with Crippen molar-refractivity contribution in [3.8, 4) is 17.1 Å². The topological polar surface area (TPSA) is 98.6 Å². The van der Waals surface area contributed by atoms with Crippen molar-refractivity contribution in [3.05, 3.63) is 41.9 Å². The van der Waals surface area contributed by atoms with Crippen molar-refractivity contribution in [2.75, 3.05) is 4.90 Å². The molecule has 0 amide bonds. The van der Waals surface area contributed by atoms with E-state index in [1.807, 2.05) is 19.2 Å². The average molecular weight is 390 g/mol. The molecule has 29 heavy (non-hydrogen) atoms. The first-order chi connectivity index (χ1) is 14.2. The largest absolute Gasteiger partial charge is 0.342 e. The molecule has 0 radical (unpaired) electrons. The van der Waals surface area contributed by atoms with Crippen LogP contribution in [0.1, 0.15) is 62.3 Å². The van der Waals surface area contributed by atoms with Crippen LogP contribution in [0.2, 0.25) is 0 Å². The number of aromatic nitrogens is 6. The third-order valence-corrected chi connectivity index (χ3v) is 6.19. The number of anilines is 1. The molecule has 1 unspecified atom stereocenters. The Hall–Kier alpha value is -2.87. The zero-order valence-electron chi connectivity index (χ0n) is 16.9. The fourth-order valence-corrected chi connectivity index (χ4v) is 4.81. The van der Waals surface area contributed by atoms with Crippen LogP contribution in [0.3, 0.4) is 0 Å². The molecule has 1 fully saturated rings. The van der Waals surface area contributed by atoms with Gasteiger partial charge in [-0.15, -0.1) is 10.2 Å². The van der Waals surface area contributed by atoms with E-state index in [0.717, 1.165) is 40.7 Å². The van der Waals surface area contributed by atoms with Gasteiger partial charge in [0.1, 0.15) is 11.5 Å². The molecule has 1 aliphatic carbocycles. The van der Waals surface area contributed by atoms with Gasteiger partial charge >= 0.3 is 0 Å². The smallest absolute Gasteiger partial charge is 0.162 e. The van der Waals surface area contributed by atoms with E-state index < -0.39 is 0 Å². The maximum atomic E-state index is 5.94. The summed E-state index contributed by atoms with van der Waals surface area (Å²) in [5, 5.41) is 8.90. The summed E-state index contributed by atoms with van der Waals surface area (Å²) in [6.45, 7) is 4.60. The van der Waals surface area contributed by atoms with Gasteiger partial charge in [-0.05, 0) is 37.8 Å². The average Bonchev–Trinajstić information content (AvgIpc) is 3.42. The second-order valence-corrected chi connectivity index (χ2v) is 7.85. The summed E-state index contributed by atoms with van der Waals surface area (Å²) >= 11 is 0. The highest BCUT2D eigenvalue weighted by atomic mass is 15.4. The highest BCUT2D eigenvalue weighted by Gasteiger charge is 2.39. The Balaban J connectivity index is 1.72. The molecule has 1 aliphatic heterocycles. The van der Waals surface area contributed by atoms with Gasteiger partial charge in [0.05, 0.1) is 12.2 Å². The molecule has 0 bridgehead atoms. The Morgan fingerprint density at radius 1 is 1.17 bits per heavy atom. The summed E-state index contributed by atoms with van der Waals surface area (Å²) in [6, 6.07) is 2.58. The Kier molecular flexibility index (Phi) is 4.50. The Labute approximate surface area is 170 Å². The lowest BCUT2D eigenvalue weighted by Crippen LogP contribution is -2.42. The lowest BCUT2D eigenvalue weighted by Gasteiger charge is -2.41. The SMILES string of the molecule is CCC1c2nnc(C)n2-c2cnc(-c3ccncc3CN)nc2N1C1CCCC1.